The zero-order valence-corrected chi connectivity index (χ0v) is 11.1. The highest BCUT2D eigenvalue weighted by atomic mass is 16.2. The molecule has 16 heavy (non-hydrogen) atoms. The van der Waals surface area contributed by atoms with E-state index in [1.807, 2.05) is 13.8 Å². The summed E-state index contributed by atoms with van der Waals surface area (Å²) in [4.78, 5) is 11.1. The van der Waals surface area contributed by atoms with Gasteiger partial charge in [0.1, 0.15) is 0 Å². The zero-order valence-electron chi connectivity index (χ0n) is 11.1. The molecular formula is C12H29N3O. The van der Waals surface area contributed by atoms with Gasteiger partial charge in [-0.25, -0.2) is 4.79 Å². The maximum Gasteiger partial charge on any atom is 0.314 e. The Labute approximate surface area is 100 Å². The Balaban J connectivity index is 0. The van der Waals surface area contributed by atoms with Crippen LogP contribution in [0.2, 0.25) is 0 Å². The Morgan fingerprint density at radius 3 is 1.94 bits per heavy atom. The van der Waals surface area contributed by atoms with Crippen molar-refractivity contribution in [3.63, 3.8) is 0 Å². The Morgan fingerprint density at radius 2 is 1.50 bits per heavy atom. The molecule has 0 bridgehead atoms. The second-order valence-electron chi connectivity index (χ2n) is 3.39. The molecule has 4 N–H and O–H groups in total. The lowest BCUT2D eigenvalue weighted by Crippen LogP contribution is -2.36. The fraction of sp³-hybridized carbons (Fsp3) is 0.917. The van der Waals surface area contributed by atoms with Gasteiger partial charge in [0, 0.05) is 13.1 Å². The standard InChI is InChI=1S/C10H23N3O.C2H6/c1-2-3-5-8-12-10(14)13-9-6-4-7-11;1-2/h2-9,11H2,1H3,(H2,12,13,14);1-2H3. The van der Waals surface area contributed by atoms with Crippen LogP contribution in [0, 0.1) is 0 Å². The maximum absolute atomic E-state index is 11.1. The molecular weight excluding hydrogens is 202 g/mol. The molecule has 0 aromatic heterocycles. The first-order chi connectivity index (χ1) is 7.81. The minimum atomic E-state index is -0.0573. The van der Waals surface area contributed by atoms with Crippen molar-refractivity contribution in [2.75, 3.05) is 19.6 Å². The number of hydrogen-bond donors (Lipinski definition) is 3. The van der Waals surface area contributed by atoms with Crippen LogP contribution in [0.15, 0.2) is 0 Å². The van der Waals surface area contributed by atoms with Crippen molar-refractivity contribution >= 4 is 6.03 Å². The van der Waals surface area contributed by atoms with Crippen molar-refractivity contribution < 1.29 is 4.79 Å². The van der Waals surface area contributed by atoms with Crippen molar-refractivity contribution in [1.29, 1.82) is 0 Å². The number of hydrogen-bond acceptors (Lipinski definition) is 2. The van der Waals surface area contributed by atoms with Crippen molar-refractivity contribution in [1.82, 2.24) is 10.6 Å². The summed E-state index contributed by atoms with van der Waals surface area (Å²) in [6.45, 7) is 8.33. The Bertz CT molecular complexity index is 126. The van der Waals surface area contributed by atoms with E-state index in [0.717, 1.165) is 32.4 Å². The number of carbonyl (C=O) groups excluding carboxylic acids is 1. The summed E-state index contributed by atoms with van der Waals surface area (Å²) in [5.41, 5.74) is 5.33. The number of unbranched alkanes of at least 4 members (excludes halogenated alkanes) is 3. The van der Waals surface area contributed by atoms with E-state index < -0.39 is 0 Å². The summed E-state index contributed by atoms with van der Waals surface area (Å²) in [6, 6.07) is -0.0573. The van der Waals surface area contributed by atoms with Crippen LogP contribution in [0.1, 0.15) is 52.9 Å². The molecule has 0 saturated carbocycles. The fourth-order valence-corrected chi connectivity index (χ4v) is 1.11. The van der Waals surface area contributed by atoms with Crippen molar-refractivity contribution in [3.05, 3.63) is 0 Å². The van der Waals surface area contributed by atoms with E-state index in [9.17, 15) is 4.79 Å². The number of amides is 2. The second-order valence-corrected chi connectivity index (χ2v) is 3.39. The first-order valence-corrected chi connectivity index (χ1v) is 6.53. The van der Waals surface area contributed by atoms with Gasteiger partial charge in [0.05, 0.1) is 0 Å². The largest absolute Gasteiger partial charge is 0.338 e. The van der Waals surface area contributed by atoms with Gasteiger partial charge in [-0.3, -0.25) is 0 Å². The third-order valence-electron chi connectivity index (χ3n) is 1.98. The van der Waals surface area contributed by atoms with Crippen molar-refractivity contribution in [2.45, 2.75) is 52.9 Å². The molecule has 0 radical (unpaired) electrons. The summed E-state index contributed by atoms with van der Waals surface area (Å²) >= 11 is 0. The molecule has 98 valence electrons. The third kappa shape index (κ3) is 15.7. The van der Waals surface area contributed by atoms with Crippen LogP contribution in [0.5, 0.6) is 0 Å². The molecule has 0 aromatic rings. The van der Waals surface area contributed by atoms with E-state index in [1.54, 1.807) is 0 Å². The highest BCUT2D eigenvalue weighted by Gasteiger charge is 1.96. The highest BCUT2D eigenvalue weighted by Crippen LogP contribution is 1.90. The van der Waals surface area contributed by atoms with Crippen LogP contribution in [-0.2, 0) is 0 Å². The number of urea groups is 1. The SMILES string of the molecule is CC.CCCCCNC(=O)NCCCCN. The summed E-state index contributed by atoms with van der Waals surface area (Å²) in [5.74, 6) is 0. The normalized spacial score (nSPS) is 9.00. The molecule has 0 fully saturated rings. The number of carbonyl (C=O) groups is 1. The van der Waals surface area contributed by atoms with Gasteiger partial charge in [-0.1, -0.05) is 33.6 Å². The molecule has 0 aliphatic rings. The van der Waals surface area contributed by atoms with Gasteiger partial charge >= 0.3 is 6.03 Å². The summed E-state index contributed by atoms with van der Waals surface area (Å²) in [7, 11) is 0. The van der Waals surface area contributed by atoms with E-state index >= 15 is 0 Å². The van der Waals surface area contributed by atoms with Gasteiger partial charge in [-0.2, -0.15) is 0 Å². The number of nitrogens with two attached hydrogens (primary N) is 1. The predicted octanol–water partition coefficient (Wildman–Crippen LogP) is 2.24. The van der Waals surface area contributed by atoms with Gasteiger partial charge in [0.25, 0.3) is 0 Å². The zero-order chi connectivity index (χ0) is 12.6. The van der Waals surface area contributed by atoms with E-state index in [-0.39, 0.29) is 6.03 Å². The summed E-state index contributed by atoms with van der Waals surface area (Å²) in [6.07, 6.45) is 5.34. The van der Waals surface area contributed by atoms with Crippen molar-refractivity contribution in [3.8, 4) is 0 Å². The molecule has 4 nitrogen and oxygen atoms in total. The Morgan fingerprint density at radius 1 is 1.00 bits per heavy atom. The molecule has 0 rings (SSSR count). The molecule has 4 heteroatoms. The lowest BCUT2D eigenvalue weighted by molar-refractivity contribution is 0.240. The average Bonchev–Trinajstić information content (AvgIpc) is 2.33. The van der Waals surface area contributed by atoms with Gasteiger partial charge in [0.2, 0.25) is 0 Å². The van der Waals surface area contributed by atoms with Crippen molar-refractivity contribution in [2.24, 2.45) is 5.73 Å². The van der Waals surface area contributed by atoms with Gasteiger partial charge in [0.15, 0.2) is 0 Å². The predicted molar refractivity (Wildman–Crippen MR) is 70.6 cm³/mol. The minimum Gasteiger partial charge on any atom is -0.338 e. The first kappa shape index (κ1) is 17.6. The molecule has 0 aliphatic carbocycles. The van der Waals surface area contributed by atoms with Gasteiger partial charge < -0.3 is 16.4 Å². The van der Waals surface area contributed by atoms with Crippen LogP contribution in [0.3, 0.4) is 0 Å². The lowest BCUT2D eigenvalue weighted by Gasteiger charge is -2.06. The van der Waals surface area contributed by atoms with Gasteiger partial charge in [-0.05, 0) is 25.8 Å². The second kappa shape index (κ2) is 16.7. The Kier molecular flexibility index (Phi) is 18.3. The van der Waals surface area contributed by atoms with Crippen LogP contribution in [0.25, 0.3) is 0 Å². The molecule has 0 spiro atoms. The summed E-state index contributed by atoms with van der Waals surface area (Å²) < 4.78 is 0. The van der Waals surface area contributed by atoms with Crippen LogP contribution >= 0.6 is 0 Å². The molecule has 0 heterocycles. The van der Waals surface area contributed by atoms with Crippen LogP contribution < -0.4 is 16.4 Å². The molecule has 0 atom stereocenters. The average molecular weight is 231 g/mol. The highest BCUT2D eigenvalue weighted by molar-refractivity contribution is 5.73. The number of rotatable bonds is 8. The number of nitrogens with one attached hydrogen (secondary N) is 2. The summed E-state index contributed by atoms with van der Waals surface area (Å²) in [5, 5.41) is 5.60. The third-order valence-corrected chi connectivity index (χ3v) is 1.98. The smallest absolute Gasteiger partial charge is 0.314 e. The first-order valence-electron chi connectivity index (χ1n) is 6.53. The molecule has 0 aliphatic heterocycles. The van der Waals surface area contributed by atoms with E-state index in [0.29, 0.717) is 6.54 Å². The topological polar surface area (TPSA) is 67.2 Å². The fourth-order valence-electron chi connectivity index (χ4n) is 1.11. The minimum absolute atomic E-state index is 0.0573. The maximum atomic E-state index is 11.1. The monoisotopic (exact) mass is 231 g/mol. The molecule has 2 amide bonds. The quantitative estimate of drug-likeness (QED) is 0.561. The molecule has 0 saturated heterocycles. The van der Waals surface area contributed by atoms with Gasteiger partial charge in [-0.15, -0.1) is 0 Å². The van der Waals surface area contributed by atoms with Crippen LogP contribution in [0.4, 0.5) is 4.79 Å². The van der Waals surface area contributed by atoms with E-state index in [2.05, 4.69) is 17.6 Å². The van der Waals surface area contributed by atoms with E-state index in [1.165, 1.54) is 12.8 Å². The van der Waals surface area contributed by atoms with E-state index in [4.69, 9.17) is 5.73 Å². The molecule has 0 aromatic carbocycles. The lowest BCUT2D eigenvalue weighted by atomic mass is 10.2. The molecule has 0 unspecified atom stereocenters. The van der Waals surface area contributed by atoms with Crippen LogP contribution in [-0.4, -0.2) is 25.7 Å². The Hall–Kier alpha value is -0.770.